The maximum absolute atomic E-state index is 11.4. The molecule has 0 aliphatic rings. The first-order valence-electron chi connectivity index (χ1n) is 7.64. The van der Waals surface area contributed by atoms with E-state index in [2.05, 4.69) is 10.2 Å². The smallest absolute Gasteiger partial charge is 0.309 e. The summed E-state index contributed by atoms with van der Waals surface area (Å²) in [6.45, 7) is 1.36. The summed E-state index contributed by atoms with van der Waals surface area (Å²) < 4.78 is 7.29. The lowest BCUT2D eigenvalue weighted by Gasteiger charge is -2.07. The molecule has 0 aliphatic carbocycles. The van der Waals surface area contributed by atoms with Crippen molar-refractivity contribution < 1.29 is 9.53 Å². The summed E-state index contributed by atoms with van der Waals surface area (Å²) in [7, 11) is 1.94. The molecule has 0 N–H and O–H groups in total. The maximum Gasteiger partial charge on any atom is 0.309 e. The van der Waals surface area contributed by atoms with Crippen LogP contribution in [0.15, 0.2) is 54.6 Å². The first-order chi connectivity index (χ1) is 11.7. The van der Waals surface area contributed by atoms with Crippen LogP contribution in [0.2, 0.25) is 0 Å². The van der Waals surface area contributed by atoms with E-state index in [4.69, 9.17) is 4.74 Å². The predicted molar refractivity (Wildman–Crippen MR) is 92.8 cm³/mol. The largest absolute Gasteiger partial charge is 0.404 e. The Morgan fingerprint density at radius 3 is 2.46 bits per heavy atom. The second-order valence-electron chi connectivity index (χ2n) is 5.61. The zero-order chi connectivity index (χ0) is 16.7. The van der Waals surface area contributed by atoms with Gasteiger partial charge in [-0.15, -0.1) is 10.2 Å². The van der Waals surface area contributed by atoms with Crippen LogP contribution in [0.1, 0.15) is 6.92 Å². The number of carbonyl (C=O) groups excluding carboxylic acids is 1. The van der Waals surface area contributed by atoms with Crippen molar-refractivity contribution in [1.82, 2.24) is 14.8 Å². The number of hydrogen-bond donors (Lipinski definition) is 0. The van der Waals surface area contributed by atoms with Crippen LogP contribution in [0.3, 0.4) is 0 Å². The zero-order valence-electron chi connectivity index (χ0n) is 13.4. The van der Waals surface area contributed by atoms with Crippen LogP contribution in [0.4, 0.5) is 0 Å². The van der Waals surface area contributed by atoms with Crippen molar-refractivity contribution in [2.45, 2.75) is 6.92 Å². The monoisotopic (exact) mass is 317 g/mol. The molecule has 0 unspecified atom stereocenters. The molecule has 0 spiro atoms. The molecule has 0 atom stereocenters. The summed E-state index contributed by atoms with van der Waals surface area (Å²) in [6.07, 6.45) is 0. The number of para-hydroxylation sites is 1. The van der Waals surface area contributed by atoms with Gasteiger partial charge in [0.15, 0.2) is 0 Å². The third kappa shape index (κ3) is 2.13. The van der Waals surface area contributed by atoms with Gasteiger partial charge in [0.05, 0.1) is 0 Å². The molecule has 4 rings (SSSR count). The lowest BCUT2D eigenvalue weighted by Crippen LogP contribution is -2.06. The molecule has 24 heavy (non-hydrogen) atoms. The van der Waals surface area contributed by atoms with Gasteiger partial charge in [-0.25, -0.2) is 0 Å². The number of nitrogens with zero attached hydrogens (tertiary/aromatic N) is 3. The number of aryl methyl sites for hydroxylation is 1. The average molecular weight is 317 g/mol. The Kier molecular flexibility index (Phi) is 3.27. The topological polar surface area (TPSA) is 57.0 Å². The van der Waals surface area contributed by atoms with E-state index < -0.39 is 5.97 Å². The maximum atomic E-state index is 11.4. The van der Waals surface area contributed by atoms with E-state index in [0.717, 1.165) is 33.1 Å². The van der Waals surface area contributed by atoms with Gasteiger partial charge in [-0.1, -0.05) is 48.5 Å². The van der Waals surface area contributed by atoms with Crippen molar-refractivity contribution in [2.75, 3.05) is 0 Å². The molecule has 5 nitrogen and oxygen atoms in total. The third-order valence-corrected chi connectivity index (χ3v) is 4.07. The number of esters is 1. The highest BCUT2D eigenvalue weighted by Gasteiger charge is 2.20. The predicted octanol–water partition coefficient (Wildman–Crippen LogP) is 3.71. The highest BCUT2D eigenvalue weighted by molar-refractivity contribution is 6.15. The van der Waals surface area contributed by atoms with Gasteiger partial charge in [0.25, 0.3) is 5.88 Å². The number of carbonyl (C=O) groups is 1. The Morgan fingerprint density at radius 1 is 1.00 bits per heavy atom. The molecule has 2 aromatic carbocycles. The lowest BCUT2D eigenvalue weighted by atomic mass is 10.1. The number of aromatic nitrogens is 3. The minimum Gasteiger partial charge on any atom is -0.404 e. The summed E-state index contributed by atoms with van der Waals surface area (Å²) in [5.74, 6) is -0.181. The minimum atomic E-state index is -0.414. The van der Waals surface area contributed by atoms with Gasteiger partial charge < -0.3 is 9.30 Å². The van der Waals surface area contributed by atoms with Crippen molar-refractivity contribution in [1.29, 1.82) is 0 Å². The minimum absolute atomic E-state index is 0.232. The van der Waals surface area contributed by atoms with Crippen LogP contribution < -0.4 is 4.74 Å². The summed E-state index contributed by atoms with van der Waals surface area (Å²) in [6, 6.07) is 17.9. The Morgan fingerprint density at radius 2 is 1.71 bits per heavy atom. The summed E-state index contributed by atoms with van der Waals surface area (Å²) in [4.78, 5) is 11.4. The fraction of sp³-hybridized carbons (Fsp3) is 0.105. The molecule has 4 aromatic rings. The van der Waals surface area contributed by atoms with Gasteiger partial charge in [0, 0.05) is 35.8 Å². The molecule has 2 aromatic heterocycles. The zero-order valence-corrected chi connectivity index (χ0v) is 13.4. The van der Waals surface area contributed by atoms with Gasteiger partial charge in [0.1, 0.15) is 11.2 Å². The second-order valence-corrected chi connectivity index (χ2v) is 5.61. The highest BCUT2D eigenvalue weighted by Crippen LogP contribution is 2.37. The van der Waals surface area contributed by atoms with E-state index in [1.54, 1.807) is 0 Å². The SMILES string of the molecule is CC(=O)Oc1nnc(-c2ccccc2)c2c3ccccc3n(C)c12. The quantitative estimate of drug-likeness (QED) is 0.529. The van der Waals surface area contributed by atoms with Gasteiger partial charge in [-0.3, -0.25) is 4.79 Å². The van der Waals surface area contributed by atoms with E-state index in [1.165, 1.54) is 6.92 Å². The highest BCUT2D eigenvalue weighted by atomic mass is 16.5. The molecule has 5 heteroatoms. The van der Waals surface area contributed by atoms with Gasteiger partial charge in [-0.05, 0) is 6.07 Å². The first kappa shape index (κ1) is 14.4. The van der Waals surface area contributed by atoms with Gasteiger partial charge in [0.2, 0.25) is 0 Å². The summed E-state index contributed by atoms with van der Waals surface area (Å²) in [5.41, 5.74) is 3.55. The van der Waals surface area contributed by atoms with E-state index in [-0.39, 0.29) is 5.88 Å². The van der Waals surface area contributed by atoms with Crippen molar-refractivity contribution >= 4 is 27.8 Å². The van der Waals surface area contributed by atoms with E-state index in [1.807, 2.05) is 66.2 Å². The third-order valence-electron chi connectivity index (χ3n) is 4.07. The van der Waals surface area contributed by atoms with E-state index >= 15 is 0 Å². The number of rotatable bonds is 2. The number of fused-ring (bicyclic) bond motifs is 3. The Balaban J connectivity index is 2.16. The van der Waals surface area contributed by atoms with E-state index in [0.29, 0.717) is 0 Å². The van der Waals surface area contributed by atoms with Gasteiger partial charge in [-0.2, -0.15) is 0 Å². The number of ether oxygens (including phenoxy) is 1. The Bertz CT molecular complexity index is 1070. The van der Waals surface area contributed by atoms with E-state index in [9.17, 15) is 4.79 Å². The lowest BCUT2D eigenvalue weighted by molar-refractivity contribution is -0.132. The van der Waals surface area contributed by atoms with Crippen molar-refractivity contribution in [3.63, 3.8) is 0 Å². The molecule has 0 radical (unpaired) electrons. The Labute approximate surface area is 138 Å². The van der Waals surface area contributed by atoms with Gasteiger partial charge >= 0.3 is 5.97 Å². The molecule has 0 saturated carbocycles. The molecular formula is C19H15N3O2. The molecule has 0 fully saturated rings. The summed E-state index contributed by atoms with van der Waals surface area (Å²) in [5, 5.41) is 10.5. The first-order valence-corrected chi connectivity index (χ1v) is 7.64. The summed E-state index contributed by atoms with van der Waals surface area (Å²) >= 11 is 0. The number of benzene rings is 2. The van der Waals surface area contributed by atoms with Crippen LogP contribution in [0.5, 0.6) is 5.88 Å². The molecule has 0 bridgehead atoms. The second kappa shape index (κ2) is 5.45. The van der Waals surface area contributed by atoms with Crippen LogP contribution in [-0.2, 0) is 11.8 Å². The normalized spacial score (nSPS) is 11.1. The van der Waals surface area contributed by atoms with Crippen LogP contribution in [0, 0.1) is 0 Å². The van der Waals surface area contributed by atoms with Crippen LogP contribution in [0.25, 0.3) is 33.1 Å². The number of hydrogen-bond acceptors (Lipinski definition) is 4. The molecule has 0 aliphatic heterocycles. The Hall–Kier alpha value is -3.21. The van der Waals surface area contributed by atoms with Crippen molar-refractivity contribution in [3.05, 3.63) is 54.6 Å². The molecule has 0 amide bonds. The molecule has 2 heterocycles. The van der Waals surface area contributed by atoms with Crippen LogP contribution >= 0.6 is 0 Å². The molecular weight excluding hydrogens is 302 g/mol. The molecule has 0 saturated heterocycles. The van der Waals surface area contributed by atoms with Crippen molar-refractivity contribution in [3.8, 4) is 17.1 Å². The molecule has 118 valence electrons. The fourth-order valence-electron chi connectivity index (χ4n) is 3.08. The average Bonchev–Trinajstić information content (AvgIpc) is 2.90. The standard InChI is InChI=1S/C19H15N3O2/c1-12(23)24-19-18-16(14-10-6-7-11-15(14)22(18)2)17(20-21-19)13-8-4-3-5-9-13/h3-11H,1-2H3. The fourth-order valence-corrected chi connectivity index (χ4v) is 3.08. The van der Waals surface area contributed by atoms with Crippen LogP contribution in [-0.4, -0.2) is 20.7 Å². The van der Waals surface area contributed by atoms with Crippen molar-refractivity contribution in [2.24, 2.45) is 7.05 Å².